The van der Waals surface area contributed by atoms with E-state index in [0.29, 0.717) is 10.6 Å². The summed E-state index contributed by atoms with van der Waals surface area (Å²) < 4.78 is 18.0. The third-order valence-electron chi connectivity index (χ3n) is 2.57. The number of nitrogens with zero attached hydrogens (tertiary/aromatic N) is 1. The number of pyridine rings is 1. The molecule has 0 aliphatic carbocycles. The van der Waals surface area contributed by atoms with Crippen molar-refractivity contribution < 1.29 is 18.7 Å². The minimum absolute atomic E-state index is 0.128. The summed E-state index contributed by atoms with van der Waals surface area (Å²) in [6.45, 7) is 3.76. The highest BCUT2D eigenvalue weighted by molar-refractivity contribution is 7.16. The summed E-state index contributed by atoms with van der Waals surface area (Å²) >= 11 is 1.25. The van der Waals surface area contributed by atoms with E-state index in [1.54, 1.807) is 13.0 Å². The molecular weight excluding hydrogens is 295 g/mol. The van der Waals surface area contributed by atoms with Gasteiger partial charge in [0.25, 0.3) is 5.91 Å². The minimum Gasteiger partial charge on any atom is -0.462 e. The van der Waals surface area contributed by atoms with Gasteiger partial charge in [-0.2, -0.15) is 4.39 Å². The number of aryl methyl sites for hydroxylation is 1. The molecule has 0 fully saturated rings. The third kappa shape index (κ3) is 3.63. The topological polar surface area (TPSA) is 68.3 Å². The van der Waals surface area contributed by atoms with E-state index in [0.717, 1.165) is 10.9 Å². The van der Waals surface area contributed by atoms with Crippen molar-refractivity contribution >= 4 is 28.2 Å². The molecule has 0 aliphatic rings. The van der Waals surface area contributed by atoms with Gasteiger partial charge in [-0.15, -0.1) is 11.3 Å². The molecule has 2 aromatic heterocycles. The highest BCUT2D eigenvalue weighted by Gasteiger charge is 2.18. The second-order valence-corrected chi connectivity index (χ2v) is 5.40. The van der Waals surface area contributed by atoms with E-state index in [1.807, 2.05) is 6.92 Å². The van der Waals surface area contributed by atoms with Gasteiger partial charge in [-0.25, -0.2) is 9.78 Å². The highest BCUT2D eigenvalue weighted by Crippen LogP contribution is 2.28. The summed E-state index contributed by atoms with van der Waals surface area (Å²) in [5.41, 5.74) is 0.422. The molecule has 0 atom stereocenters. The first kappa shape index (κ1) is 15.1. The van der Waals surface area contributed by atoms with E-state index in [2.05, 4.69) is 10.3 Å². The number of esters is 1. The number of thiophene rings is 1. The van der Waals surface area contributed by atoms with Crippen molar-refractivity contribution in [3.8, 4) is 0 Å². The molecule has 2 heterocycles. The van der Waals surface area contributed by atoms with Crippen LogP contribution in [-0.4, -0.2) is 23.5 Å². The zero-order chi connectivity index (χ0) is 15.4. The summed E-state index contributed by atoms with van der Waals surface area (Å²) in [4.78, 5) is 28.1. The smallest absolute Gasteiger partial charge is 0.341 e. The van der Waals surface area contributed by atoms with Gasteiger partial charge in [0.2, 0.25) is 5.95 Å². The first-order chi connectivity index (χ1) is 10.0. The number of carbonyl (C=O) groups excluding carboxylic acids is 2. The molecule has 7 heteroatoms. The fourth-order valence-electron chi connectivity index (χ4n) is 1.69. The van der Waals surface area contributed by atoms with Gasteiger partial charge in [0, 0.05) is 22.7 Å². The molecule has 1 N–H and O–H groups in total. The summed E-state index contributed by atoms with van der Waals surface area (Å²) in [5.74, 6) is -1.75. The normalized spacial score (nSPS) is 10.2. The van der Waals surface area contributed by atoms with Crippen molar-refractivity contribution in [2.75, 3.05) is 11.9 Å². The van der Waals surface area contributed by atoms with Crippen molar-refractivity contribution in [2.45, 2.75) is 13.8 Å². The Balaban J connectivity index is 2.23. The Morgan fingerprint density at radius 1 is 1.43 bits per heavy atom. The van der Waals surface area contributed by atoms with Crippen LogP contribution >= 0.6 is 11.3 Å². The second-order valence-electron chi connectivity index (χ2n) is 4.14. The van der Waals surface area contributed by atoms with Crippen LogP contribution < -0.4 is 5.32 Å². The molecule has 0 unspecified atom stereocenters. The fraction of sp³-hybridized carbons (Fsp3) is 0.214. The summed E-state index contributed by atoms with van der Waals surface area (Å²) in [7, 11) is 0. The van der Waals surface area contributed by atoms with Crippen molar-refractivity contribution in [2.24, 2.45) is 0 Å². The first-order valence-electron chi connectivity index (χ1n) is 6.21. The lowest BCUT2D eigenvalue weighted by atomic mass is 10.2. The molecule has 2 aromatic rings. The summed E-state index contributed by atoms with van der Waals surface area (Å²) in [5, 5.41) is 2.98. The molecule has 0 radical (unpaired) electrons. The molecule has 0 saturated carbocycles. The highest BCUT2D eigenvalue weighted by atomic mass is 32.1. The number of rotatable bonds is 4. The van der Waals surface area contributed by atoms with Crippen molar-refractivity contribution in [1.82, 2.24) is 4.98 Å². The SMILES string of the molecule is CCOC(=O)c1cc(C)sc1NC(=O)c1ccnc(F)c1. The quantitative estimate of drug-likeness (QED) is 0.696. The zero-order valence-electron chi connectivity index (χ0n) is 11.5. The van der Waals surface area contributed by atoms with Crippen molar-refractivity contribution in [1.29, 1.82) is 0 Å². The number of halogens is 1. The van der Waals surface area contributed by atoms with Gasteiger partial charge in [-0.05, 0) is 26.0 Å². The Kier molecular flexibility index (Phi) is 4.64. The average molecular weight is 308 g/mol. The lowest BCUT2D eigenvalue weighted by Gasteiger charge is -2.06. The maximum absolute atomic E-state index is 13.0. The second kappa shape index (κ2) is 6.45. The van der Waals surface area contributed by atoms with Gasteiger partial charge in [-0.1, -0.05) is 0 Å². The number of hydrogen-bond acceptors (Lipinski definition) is 5. The molecule has 110 valence electrons. The predicted molar refractivity (Wildman–Crippen MR) is 77.2 cm³/mol. The maximum atomic E-state index is 13.0. The van der Waals surface area contributed by atoms with Crippen LogP contribution in [-0.2, 0) is 4.74 Å². The van der Waals surface area contributed by atoms with E-state index in [4.69, 9.17) is 4.74 Å². The van der Waals surface area contributed by atoms with Crippen molar-refractivity contribution in [3.05, 3.63) is 46.3 Å². The van der Waals surface area contributed by atoms with Gasteiger partial charge in [0.15, 0.2) is 0 Å². The molecule has 2 rings (SSSR count). The molecule has 5 nitrogen and oxygen atoms in total. The number of aromatic nitrogens is 1. The van der Waals surface area contributed by atoms with Crippen LogP contribution in [0.1, 0.15) is 32.5 Å². The summed E-state index contributed by atoms with van der Waals surface area (Å²) in [6, 6.07) is 4.06. The lowest BCUT2D eigenvalue weighted by Crippen LogP contribution is -2.14. The van der Waals surface area contributed by atoms with Crippen LogP contribution in [0, 0.1) is 12.9 Å². The number of nitrogens with one attached hydrogen (secondary N) is 1. The first-order valence-corrected chi connectivity index (χ1v) is 7.03. The number of anilines is 1. The Bertz CT molecular complexity index is 685. The third-order valence-corrected chi connectivity index (χ3v) is 3.53. The zero-order valence-corrected chi connectivity index (χ0v) is 12.3. The van der Waals surface area contributed by atoms with Gasteiger partial charge in [0.1, 0.15) is 5.00 Å². The van der Waals surface area contributed by atoms with Gasteiger partial charge in [0.05, 0.1) is 12.2 Å². The molecule has 0 spiro atoms. The van der Waals surface area contributed by atoms with E-state index < -0.39 is 17.8 Å². The molecule has 0 saturated heterocycles. The number of hydrogen-bond donors (Lipinski definition) is 1. The van der Waals surface area contributed by atoms with Crippen LogP contribution in [0.3, 0.4) is 0 Å². The standard InChI is InChI=1S/C14H13FN2O3S/c1-3-20-14(19)10-6-8(2)21-13(10)17-12(18)9-4-5-16-11(15)7-9/h4-7H,3H2,1-2H3,(H,17,18). The Morgan fingerprint density at radius 3 is 2.86 bits per heavy atom. The Morgan fingerprint density at radius 2 is 2.19 bits per heavy atom. The van der Waals surface area contributed by atoms with E-state index in [-0.39, 0.29) is 12.2 Å². The van der Waals surface area contributed by atoms with E-state index in [1.165, 1.54) is 23.6 Å². The molecule has 0 bridgehead atoms. The minimum atomic E-state index is -0.740. The molecular formula is C14H13FN2O3S. The van der Waals surface area contributed by atoms with Gasteiger partial charge in [-0.3, -0.25) is 4.79 Å². The number of carbonyl (C=O) groups is 2. The van der Waals surface area contributed by atoms with Crippen LogP contribution in [0.5, 0.6) is 0 Å². The fourth-order valence-corrected chi connectivity index (χ4v) is 2.58. The van der Waals surface area contributed by atoms with Crippen molar-refractivity contribution in [3.63, 3.8) is 0 Å². The largest absolute Gasteiger partial charge is 0.462 e. The molecule has 21 heavy (non-hydrogen) atoms. The lowest BCUT2D eigenvalue weighted by molar-refractivity contribution is 0.0528. The number of ether oxygens (including phenoxy) is 1. The predicted octanol–water partition coefficient (Wildman–Crippen LogP) is 3.02. The molecule has 1 amide bonds. The molecule has 0 aromatic carbocycles. The van der Waals surface area contributed by atoms with Gasteiger partial charge < -0.3 is 10.1 Å². The van der Waals surface area contributed by atoms with Crippen LogP contribution in [0.2, 0.25) is 0 Å². The Hall–Kier alpha value is -2.28. The van der Waals surface area contributed by atoms with Crippen LogP contribution in [0.4, 0.5) is 9.39 Å². The number of amides is 1. The summed E-state index contributed by atoms with van der Waals surface area (Å²) in [6.07, 6.45) is 1.20. The molecule has 0 aliphatic heterocycles. The van der Waals surface area contributed by atoms with E-state index >= 15 is 0 Å². The van der Waals surface area contributed by atoms with Crippen LogP contribution in [0.25, 0.3) is 0 Å². The Labute approximate surface area is 124 Å². The maximum Gasteiger partial charge on any atom is 0.341 e. The van der Waals surface area contributed by atoms with Gasteiger partial charge >= 0.3 is 5.97 Å². The van der Waals surface area contributed by atoms with Crippen LogP contribution in [0.15, 0.2) is 24.4 Å². The average Bonchev–Trinajstić information content (AvgIpc) is 2.80. The monoisotopic (exact) mass is 308 g/mol. The van der Waals surface area contributed by atoms with E-state index in [9.17, 15) is 14.0 Å².